The van der Waals surface area contributed by atoms with Gasteiger partial charge >= 0.3 is 0 Å². The minimum absolute atomic E-state index is 0.128. The first-order valence-electron chi connectivity index (χ1n) is 6.85. The molecular formula is C14H24N6. The van der Waals surface area contributed by atoms with Gasteiger partial charge in [-0.05, 0) is 20.3 Å². The minimum Gasteiger partial charge on any atom is -0.355 e. The predicted octanol–water partition coefficient (Wildman–Crippen LogP) is 0.988. The van der Waals surface area contributed by atoms with Crippen molar-refractivity contribution >= 4 is 5.82 Å². The summed E-state index contributed by atoms with van der Waals surface area (Å²) in [5.41, 5.74) is 9.42. The molecule has 2 rings (SSSR count). The molecule has 0 spiro atoms. The maximum atomic E-state index is 5.96. The monoisotopic (exact) mass is 276 g/mol. The van der Waals surface area contributed by atoms with Gasteiger partial charge in [-0.3, -0.25) is 9.36 Å². The smallest absolute Gasteiger partial charge is 0.130 e. The van der Waals surface area contributed by atoms with E-state index in [1.807, 2.05) is 49.7 Å². The zero-order chi connectivity index (χ0) is 14.9. The molecule has 2 aromatic heterocycles. The molecule has 2 aromatic rings. The van der Waals surface area contributed by atoms with Gasteiger partial charge in [0.25, 0.3) is 0 Å². The molecule has 1 atom stereocenters. The third-order valence-corrected chi connectivity index (χ3v) is 3.38. The summed E-state index contributed by atoms with van der Waals surface area (Å²) in [5.74, 6) is 1.13. The summed E-state index contributed by atoms with van der Waals surface area (Å²) in [6, 6.07) is 0.128. The number of hydrogen-bond donors (Lipinski definition) is 1. The molecule has 0 aromatic carbocycles. The molecule has 0 amide bonds. The Morgan fingerprint density at radius 1 is 1.40 bits per heavy atom. The van der Waals surface area contributed by atoms with Crippen molar-refractivity contribution in [1.82, 2.24) is 19.6 Å². The Kier molecular flexibility index (Phi) is 4.13. The molecule has 0 fully saturated rings. The lowest BCUT2D eigenvalue weighted by molar-refractivity contribution is 0.714. The van der Waals surface area contributed by atoms with Gasteiger partial charge in [0.1, 0.15) is 5.82 Å². The van der Waals surface area contributed by atoms with E-state index in [1.165, 1.54) is 11.1 Å². The van der Waals surface area contributed by atoms with Crippen LogP contribution in [0.3, 0.4) is 0 Å². The van der Waals surface area contributed by atoms with Crippen molar-refractivity contribution in [2.75, 3.05) is 11.9 Å². The second-order valence-electron chi connectivity index (χ2n) is 5.57. The maximum Gasteiger partial charge on any atom is 0.130 e. The summed E-state index contributed by atoms with van der Waals surface area (Å²) in [7, 11) is 5.99. The van der Waals surface area contributed by atoms with E-state index in [2.05, 4.69) is 22.1 Å². The first-order chi connectivity index (χ1) is 9.38. The minimum atomic E-state index is 0.128. The highest BCUT2D eigenvalue weighted by molar-refractivity contribution is 5.50. The topological polar surface area (TPSA) is 64.9 Å². The van der Waals surface area contributed by atoms with Crippen LogP contribution in [0.1, 0.15) is 23.7 Å². The molecule has 6 nitrogen and oxygen atoms in total. The standard InChI is InChI=1S/C14H24N6/c1-10(15)6-13-11(2)17-20(5)14(13)18(3)8-12-7-16-19(4)9-12/h7,9-10H,6,8,15H2,1-5H3. The van der Waals surface area contributed by atoms with Gasteiger partial charge < -0.3 is 10.6 Å². The molecule has 0 aliphatic rings. The van der Waals surface area contributed by atoms with Crippen LogP contribution in [0.2, 0.25) is 0 Å². The maximum absolute atomic E-state index is 5.96. The van der Waals surface area contributed by atoms with Crippen LogP contribution < -0.4 is 10.6 Å². The summed E-state index contributed by atoms with van der Waals surface area (Å²) in [6.07, 6.45) is 4.77. The SMILES string of the molecule is Cc1nn(C)c(N(C)Cc2cnn(C)c2)c1CC(C)N. The summed E-state index contributed by atoms with van der Waals surface area (Å²) in [6.45, 7) is 4.87. The van der Waals surface area contributed by atoms with E-state index in [0.29, 0.717) is 0 Å². The van der Waals surface area contributed by atoms with E-state index in [-0.39, 0.29) is 6.04 Å². The van der Waals surface area contributed by atoms with E-state index in [4.69, 9.17) is 5.73 Å². The average molecular weight is 276 g/mol. The number of nitrogens with two attached hydrogens (primary N) is 1. The molecule has 20 heavy (non-hydrogen) atoms. The van der Waals surface area contributed by atoms with Crippen LogP contribution in [0.15, 0.2) is 12.4 Å². The zero-order valence-corrected chi connectivity index (χ0v) is 13.0. The van der Waals surface area contributed by atoms with Gasteiger partial charge in [0.2, 0.25) is 0 Å². The zero-order valence-electron chi connectivity index (χ0n) is 13.0. The first kappa shape index (κ1) is 14.6. The lowest BCUT2D eigenvalue weighted by Crippen LogP contribution is -2.23. The number of nitrogens with zero attached hydrogens (tertiary/aromatic N) is 5. The fourth-order valence-corrected chi connectivity index (χ4v) is 2.63. The summed E-state index contributed by atoms with van der Waals surface area (Å²) in [5, 5.41) is 8.74. The van der Waals surface area contributed by atoms with Crippen LogP contribution in [0.4, 0.5) is 5.82 Å². The van der Waals surface area contributed by atoms with E-state index < -0.39 is 0 Å². The highest BCUT2D eigenvalue weighted by Crippen LogP contribution is 2.24. The van der Waals surface area contributed by atoms with Crippen molar-refractivity contribution in [2.24, 2.45) is 19.8 Å². The van der Waals surface area contributed by atoms with Gasteiger partial charge in [-0.1, -0.05) is 0 Å². The van der Waals surface area contributed by atoms with Gasteiger partial charge in [0.05, 0.1) is 11.9 Å². The highest BCUT2D eigenvalue weighted by atomic mass is 15.4. The normalized spacial score (nSPS) is 12.7. The summed E-state index contributed by atoms with van der Waals surface area (Å²) >= 11 is 0. The fourth-order valence-electron chi connectivity index (χ4n) is 2.63. The molecule has 6 heteroatoms. The van der Waals surface area contributed by atoms with Gasteiger partial charge in [0, 0.05) is 51.1 Å². The number of aromatic nitrogens is 4. The van der Waals surface area contributed by atoms with E-state index in [1.54, 1.807) is 0 Å². The Morgan fingerprint density at radius 3 is 2.65 bits per heavy atom. The Bertz CT molecular complexity index is 580. The third kappa shape index (κ3) is 3.01. The van der Waals surface area contributed by atoms with Crippen LogP contribution in [-0.4, -0.2) is 32.7 Å². The Morgan fingerprint density at radius 2 is 2.10 bits per heavy atom. The van der Waals surface area contributed by atoms with Crippen LogP contribution in [0.25, 0.3) is 0 Å². The van der Waals surface area contributed by atoms with E-state index >= 15 is 0 Å². The largest absolute Gasteiger partial charge is 0.355 e. The number of anilines is 1. The molecule has 1 unspecified atom stereocenters. The van der Waals surface area contributed by atoms with Crippen molar-refractivity contribution in [3.8, 4) is 0 Å². The molecule has 110 valence electrons. The van der Waals surface area contributed by atoms with Crippen molar-refractivity contribution < 1.29 is 0 Å². The fraction of sp³-hybridized carbons (Fsp3) is 0.571. The quantitative estimate of drug-likeness (QED) is 0.884. The molecule has 0 saturated heterocycles. The van der Waals surface area contributed by atoms with Gasteiger partial charge in [-0.2, -0.15) is 10.2 Å². The number of rotatable bonds is 5. The molecule has 2 heterocycles. The van der Waals surface area contributed by atoms with Crippen LogP contribution in [-0.2, 0) is 27.1 Å². The van der Waals surface area contributed by atoms with Crippen molar-refractivity contribution in [2.45, 2.75) is 32.9 Å². The third-order valence-electron chi connectivity index (χ3n) is 3.38. The number of hydrogen-bond acceptors (Lipinski definition) is 4. The van der Waals surface area contributed by atoms with Crippen molar-refractivity contribution in [3.63, 3.8) is 0 Å². The van der Waals surface area contributed by atoms with E-state index in [9.17, 15) is 0 Å². The molecule has 0 bridgehead atoms. The van der Waals surface area contributed by atoms with Crippen LogP contribution in [0, 0.1) is 6.92 Å². The number of aryl methyl sites for hydroxylation is 3. The lowest BCUT2D eigenvalue weighted by Gasteiger charge is -2.21. The molecule has 0 aliphatic heterocycles. The van der Waals surface area contributed by atoms with Gasteiger partial charge in [0.15, 0.2) is 0 Å². The Labute approximate surface area is 120 Å². The first-order valence-corrected chi connectivity index (χ1v) is 6.85. The average Bonchev–Trinajstić information content (AvgIpc) is 2.83. The Balaban J connectivity index is 2.26. The summed E-state index contributed by atoms with van der Waals surface area (Å²) < 4.78 is 3.75. The molecule has 2 N–H and O–H groups in total. The van der Waals surface area contributed by atoms with Crippen LogP contribution in [0.5, 0.6) is 0 Å². The Hall–Kier alpha value is -1.82. The van der Waals surface area contributed by atoms with Crippen molar-refractivity contribution in [3.05, 3.63) is 29.2 Å². The van der Waals surface area contributed by atoms with Gasteiger partial charge in [-0.25, -0.2) is 0 Å². The predicted molar refractivity (Wildman–Crippen MR) is 80.6 cm³/mol. The molecule has 0 saturated carbocycles. The highest BCUT2D eigenvalue weighted by Gasteiger charge is 2.18. The molecular weight excluding hydrogens is 252 g/mol. The molecule has 0 aliphatic carbocycles. The summed E-state index contributed by atoms with van der Waals surface area (Å²) in [4.78, 5) is 2.20. The second-order valence-corrected chi connectivity index (χ2v) is 5.57. The lowest BCUT2D eigenvalue weighted by atomic mass is 10.1. The van der Waals surface area contributed by atoms with Crippen molar-refractivity contribution in [1.29, 1.82) is 0 Å². The van der Waals surface area contributed by atoms with Crippen LogP contribution >= 0.6 is 0 Å². The molecule has 0 radical (unpaired) electrons. The van der Waals surface area contributed by atoms with Gasteiger partial charge in [-0.15, -0.1) is 0 Å². The second kappa shape index (κ2) is 5.66. The van der Waals surface area contributed by atoms with E-state index in [0.717, 1.165) is 24.5 Å².